The quantitative estimate of drug-likeness (QED) is 0.647. The van der Waals surface area contributed by atoms with Gasteiger partial charge in [0, 0.05) is 19.5 Å². The zero-order chi connectivity index (χ0) is 15.0. The molecule has 2 N–H and O–H groups in total. The first kappa shape index (κ1) is 16.9. The van der Waals surface area contributed by atoms with Gasteiger partial charge in [-0.15, -0.1) is 0 Å². The van der Waals surface area contributed by atoms with Gasteiger partial charge < -0.3 is 20.1 Å². The second-order valence-corrected chi connectivity index (χ2v) is 5.41. The number of carbonyl (C=O) groups excluding carboxylic acids is 1. The van der Waals surface area contributed by atoms with Gasteiger partial charge in [-0.05, 0) is 26.3 Å². The Labute approximate surface area is 120 Å². The Morgan fingerprint density at radius 3 is 2.55 bits per heavy atom. The summed E-state index contributed by atoms with van der Waals surface area (Å²) in [6.45, 7) is 6.74. The van der Waals surface area contributed by atoms with Gasteiger partial charge in [0.2, 0.25) is 5.91 Å². The van der Waals surface area contributed by atoms with E-state index in [1.165, 1.54) is 0 Å². The third-order valence-corrected chi connectivity index (χ3v) is 3.67. The van der Waals surface area contributed by atoms with Gasteiger partial charge in [-0.25, -0.2) is 0 Å². The van der Waals surface area contributed by atoms with Crippen LogP contribution in [0.2, 0.25) is 0 Å². The first-order valence-electron chi connectivity index (χ1n) is 7.33. The van der Waals surface area contributed by atoms with Gasteiger partial charge in [-0.2, -0.15) is 0 Å². The number of morpholine rings is 1. The molecule has 1 aliphatic rings. The average Bonchev–Trinajstić information content (AvgIpc) is 2.44. The van der Waals surface area contributed by atoms with Crippen molar-refractivity contribution in [1.29, 1.82) is 0 Å². The van der Waals surface area contributed by atoms with Crippen LogP contribution in [0.3, 0.4) is 0 Å². The number of hydrogen-bond donors (Lipinski definition) is 2. The molecule has 6 heteroatoms. The van der Waals surface area contributed by atoms with E-state index in [4.69, 9.17) is 4.74 Å². The minimum atomic E-state index is -0.892. The lowest BCUT2D eigenvalue weighted by atomic mass is 9.96. The Morgan fingerprint density at radius 1 is 1.35 bits per heavy atom. The van der Waals surface area contributed by atoms with Crippen molar-refractivity contribution in [3.05, 3.63) is 0 Å². The number of nitrogens with one attached hydrogen (secondary N) is 1. The second kappa shape index (κ2) is 8.21. The maximum absolute atomic E-state index is 11.9. The zero-order valence-electron chi connectivity index (χ0n) is 12.5. The molecule has 1 aliphatic heterocycles. The molecule has 0 saturated carbocycles. The summed E-state index contributed by atoms with van der Waals surface area (Å²) in [6, 6.07) is 0. The van der Waals surface area contributed by atoms with E-state index in [1.807, 2.05) is 11.8 Å². The van der Waals surface area contributed by atoms with Crippen LogP contribution < -0.4 is 5.32 Å². The lowest BCUT2D eigenvalue weighted by Gasteiger charge is -2.28. The number of nitrogens with zero attached hydrogens (tertiary/aromatic N) is 1. The highest BCUT2D eigenvalue weighted by Gasteiger charge is 2.31. The topological polar surface area (TPSA) is 78.9 Å². The molecule has 1 unspecified atom stereocenters. The van der Waals surface area contributed by atoms with Crippen LogP contribution in [0.25, 0.3) is 0 Å². The lowest BCUT2D eigenvalue weighted by molar-refractivity contribution is -0.144. The number of rotatable bonds is 8. The molecule has 1 fully saturated rings. The number of carboxylic acids is 1. The van der Waals surface area contributed by atoms with Crippen molar-refractivity contribution in [3.63, 3.8) is 0 Å². The van der Waals surface area contributed by atoms with Crippen LogP contribution in [-0.2, 0) is 14.3 Å². The molecule has 0 aliphatic carbocycles. The predicted octanol–water partition coefficient (Wildman–Crippen LogP) is 0.858. The Kier molecular flexibility index (Phi) is 6.95. The molecule has 1 amide bonds. The summed E-state index contributed by atoms with van der Waals surface area (Å²) in [4.78, 5) is 25.0. The van der Waals surface area contributed by atoms with Crippen LogP contribution in [0, 0.1) is 0 Å². The maximum Gasteiger partial charge on any atom is 0.323 e. The van der Waals surface area contributed by atoms with Crippen LogP contribution in [0.1, 0.15) is 39.5 Å². The normalized spacial score (nSPS) is 18.6. The molecule has 1 atom stereocenters. The van der Waals surface area contributed by atoms with E-state index in [2.05, 4.69) is 5.32 Å². The molecule has 116 valence electrons. The van der Waals surface area contributed by atoms with Gasteiger partial charge in [0.1, 0.15) is 5.54 Å². The number of amides is 1. The molecule has 1 rings (SSSR count). The van der Waals surface area contributed by atoms with Crippen molar-refractivity contribution < 1.29 is 19.4 Å². The average molecular weight is 286 g/mol. The number of carbonyl (C=O) groups is 2. The fraction of sp³-hybridized carbons (Fsp3) is 0.857. The number of ether oxygens (including phenoxy) is 1. The van der Waals surface area contributed by atoms with Gasteiger partial charge in [0.25, 0.3) is 0 Å². The summed E-state index contributed by atoms with van der Waals surface area (Å²) in [5.41, 5.74) is -0.892. The maximum atomic E-state index is 11.9. The van der Waals surface area contributed by atoms with Crippen molar-refractivity contribution in [1.82, 2.24) is 10.2 Å². The molecule has 0 radical (unpaired) electrons. The third kappa shape index (κ3) is 5.09. The minimum Gasteiger partial charge on any atom is -0.480 e. The predicted molar refractivity (Wildman–Crippen MR) is 75.6 cm³/mol. The Morgan fingerprint density at radius 2 is 2.00 bits per heavy atom. The van der Waals surface area contributed by atoms with Crippen LogP contribution in [0.4, 0.5) is 0 Å². The van der Waals surface area contributed by atoms with Gasteiger partial charge in [0.15, 0.2) is 0 Å². The Hall–Kier alpha value is -1.14. The van der Waals surface area contributed by atoms with E-state index < -0.39 is 11.5 Å². The lowest BCUT2D eigenvalue weighted by Crippen LogP contribution is -2.50. The first-order chi connectivity index (χ1) is 9.49. The molecule has 0 aromatic rings. The molecule has 0 spiro atoms. The Bertz CT molecular complexity index is 329. The van der Waals surface area contributed by atoms with E-state index in [0.717, 1.165) is 6.42 Å². The molecular formula is C14H26N2O4. The van der Waals surface area contributed by atoms with Crippen molar-refractivity contribution in [2.45, 2.75) is 45.1 Å². The molecule has 0 bridgehead atoms. The van der Waals surface area contributed by atoms with Gasteiger partial charge in [-0.1, -0.05) is 13.3 Å². The first-order valence-corrected chi connectivity index (χ1v) is 7.33. The number of aliphatic carboxylic acids is 1. The summed E-state index contributed by atoms with van der Waals surface area (Å²) < 4.78 is 5.20. The Balaban J connectivity index is 2.25. The smallest absolute Gasteiger partial charge is 0.323 e. The monoisotopic (exact) mass is 286 g/mol. The van der Waals surface area contributed by atoms with Gasteiger partial charge in [-0.3, -0.25) is 9.59 Å². The van der Waals surface area contributed by atoms with Crippen LogP contribution in [-0.4, -0.2) is 60.3 Å². The molecule has 1 saturated heterocycles. The fourth-order valence-corrected chi connectivity index (χ4v) is 2.35. The number of carboxylic acid groups (broad SMARTS) is 1. The molecule has 1 heterocycles. The summed E-state index contributed by atoms with van der Waals surface area (Å²) in [5.74, 6) is -0.707. The van der Waals surface area contributed by atoms with Gasteiger partial charge in [0.05, 0.1) is 13.2 Å². The molecule has 0 aromatic carbocycles. The van der Waals surface area contributed by atoms with E-state index >= 15 is 0 Å². The highest BCUT2D eigenvalue weighted by atomic mass is 16.5. The molecule has 20 heavy (non-hydrogen) atoms. The van der Waals surface area contributed by atoms with E-state index in [0.29, 0.717) is 52.1 Å². The summed E-state index contributed by atoms with van der Waals surface area (Å²) in [6.07, 6.45) is 2.50. The fourth-order valence-electron chi connectivity index (χ4n) is 2.35. The van der Waals surface area contributed by atoms with E-state index in [-0.39, 0.29) is 5.91 Å². The minimum absolute atomic E-state index is 0.127. The summed E-state index contributed by atoms with van der Waals surface area (Å²) in [5, 5.41) is 12.3. The highest BCUT2D eigenvalue weighted by molar-refractivity contribution is 5.78. The van der Waals surface area contributed by atoms with Crippen LogP contribution >= 0.6 is 0 Å². The largest absolute Gasteiger partial charge is 0.480 e. The van der Waals surface area contributed by atoms with Crippen molar-refractivity contribution in [2.75, 3.05) is 32.8 Å². The van der Waals surface area contributed by atoms with Crippen molar-refractivity contribution in [2.24, 2.45) is 0 Å². The summed E-state index contributed by atoms with van der Waals surface area (Å²) >= 11 is 0. The molecular weight excluding hydrogens is 260 g/mol. The molecule has 6 nitrogen and oxygen atoms in total. The number of hydrogen-bond acceptors (Lipinski definition) is 4. The zero-order valence-corrected chi connectivity index (χ0v) is 12.5. The summed E-state index contributed by atoms with van der Waals surface area (Å²) in [7, 11) is 0. The van der Waals surface area contributed by atoms with E-state index in [1.54, 1.807) is 6.92 Å². The van der Waals surface area contributed by atoms with Crippen molar-refractivity contribution in [3.8, 4) is 0 Å². The van der Waals surface area contributed by atoms with Gasteiger partial charge >= 0.3 is 5.97 Å². The molecule has 0 aromatic heterocycles. The highest BCUT2D eigenvalue weighted by Crippen LogP contribution is 2.12. The van der Waals surface area contributed by atoms with E-state index in [9.17, 15) is 14.7 Å². The third-order valence-electron chi connectivity index (χ3n) is 3.67. The van der Waals surface area contributed by atoms with Crippen molar-refractivity contribution >= 4 is 11.9 Å². The second-order valence-electron chi connectivity index (χ2n) is 5.41. The van der Waals surface area contributed by atoms with Crippen LogP contribution in [0.15, 0.2) is 0 Å². The van der Waals surface area contributed by atoms with Crippen LogP contribution in [0.5, 0.6) is 0 Å². The standard InChI is InChI=1S/C14H26N2O4/c1-3-6-14(2,13(18)19)15-7-4-5-12(17)16-8-10-20-11-9-16/h15H,3-11H2,1-2H3,(H,18,19). The SMILES string of the molecule is CCCC(C)(NCCCC(=O)N1CCOCC1)C(=O)O.